The molecule has 0 amide bonds. The topological polar surface area (TPSA) is 92.9 Å². The van der Waals surface area contributed by atoms with E-state index in [2.05, 4.69) is 20.6 Å². The number of carboxylic acids is 1. The van der Waals surface area contributed by atoms with Gasteiger partial charge in [0.15, 0.2) is 5.82 Å². The van der Waals surface area contributed by atoms with Gasteiger partial charge >= 0.3 is 5.97 Å². The molecule has 2 rings (SSSR count). The first-order valence-corrected chi connectivity index (χ1v) is 6.44. The van der Waals surface area contributed by atoms with Gasteiger partial charge in [-0.2, -0.15) is 10.2 Å². The van der Waals surface area contributed by atoms with Crippen molar-refractivity contribution in [2.75, 3.05) is 5.32 Å². The maximum atomic E-state index is 11.5. The molecule has 0 aliphatic carbocycles. The van der Waals surface area contributed by atoms with Gasteiger partial charge in [0, 0.05) is 13.2 Å². The summed E-state index contributed by atoms with van der Waals surface area (Å²) in [5.41, 5.74) is 2.31. The quantitative estimate of drug-likeness (QED) is 0.864. The van der Waals surface area contributed by atoms with Crippen LogP contribution in [0, 0.1) is 0 Å². The van der Waals surface area contributed by atoms with E-state index in [1.807, 2.05) is 13.8 Å². The van der Waals surface area contributed by atoms with Gasteiger partial charge in [0.25, 0.3) is 0 Å². The summed E-state index contributed by atoms with van der Waals surface area (Å²) in [7, 11) is 1.78. The predicted molar refractivity (Wildman–Crippen MR) is 74.2 cm³/mol. The Morgan fingerprint density at radius 1 is 1.35 bits per heavy atom. The van der Waals surface area contributed by atoms with Crippen LogP contribution in [0.3, 0.4) is 0 Å². The summed E-state index contributed by atoms with van der Waals surface area (Å²) in [6.45, 7) is 3.85. The summed E-state index contributed by atoms with van der Waals surface area (Å²) in [5, 5.41) is 24.6. The molecule has 2 heterocycles. The van der Waals surface area contributed by atoms with E-state index in [0.717, 1.165) is 11.3 Å². The highest BCUT2D eigenvalue weighted by Crippen LogP contribution is 2.23. The Hall–Kier alpha value is -2.44. The zero-order valence-electron chi connectivity index (χ0n) is 11.7. The highest BCUT2D eigenvalue weighted by Gasteiger charge is 2.20. The number of nitrogens with zero attached hydrogens (tertiary/aromatic N) is 4. The van der Waals surface area contributed by atoms with Crippen LogP contribution in [0.4, 0.5) is 11.5 Å². The normalized spacial score (nSPS) is 10.6. The smallest absolute Gasteiger partial charge is 0.339 e. The number of carbonyl (C=O) groups is 1. The van der Waals surface area contributed by atoms with Gasteiger partial charge in [0.1, 0.15) is 5.56 Å². The van der Waals surface area contributed by atoms with E-state index in [9.17, 15) is 9.90 Å². The maximum Gasteiger partial charge on any atom is 0.339 e. The van der Waals surface area contributed by atoms with Crippen molar-refractivity contribution in [3.63, 3.8) is 0 Å². The molecule has 0 saturated carbocycles. The monoisotopic (exact) mass is 275 g/mol. The number of anilines is 2. The maximum absolute atomic E-state index is 11.5. The molecule has 0 saturated heterocycles. The molecule has 7 heteroatoms. The summed E-state index contributed by atoms with van der Waals surface area (Å²) >= 11 is 0. The van der Waals surface area contributed by atoms with E-state index in [1.165, 1.54) is 0 Å². The van der Waals surface area contributed by atoms with Crippen LogP contribution in [0.25, 0.3) is 0 Å². The van der Waals surface area contributed by atoms with Gasteiger partial charge in [0.05, 0.1) is 17.6 Å². The van der Waals surface area contributed by atoms with Gasteiger partial charge < -0.3 is 10.4 Å². The van der Waals surface area contributed by atoms with Crippen molar-refractivity contribution in [3.8, 4) is 0 Å². The molecule has 7 nitrogen and oxygen atoms in total. The Labute approximate surface area is 116 Å². The Morgan fingerprint density at radius 3 is 2.60 bits per heavy atom. The van der Waals surface area contributed by atoms with Crippen molar-refractivity contribution in [1.29, 1.82) is 0 Å². The van der Waals surface area contributed by atoms with Gasteiger partial charge in [-0.3, -0.25) is 4.68 Å². The molecule has 2 aromatic heterocycles. The van der Waals surface area contributed by atoms with Crippen LogP contribution in [-0.4, -0.2) is 31.1 Å². The van der Waals surface area contributed by atoms with Crippen LogP contribution < -0.4 is 5.32 Å². The Bertz CT molecular complexity index is 636. The lowest BCUT2D eigenvalue weighted by Gasteiger charge is -2.12. The molecule has 0 unspecified atom stereocenters. The molecular weight excluding hydrogens is 258 g/mol. The predicted octanol–water partition coefficient (Wildman–Crippen LogP) is 1.78. The second kappa shape index (κ2) is 5.68. The third-order valence-corrected chi connectivity index (χ3v) is 3.03. The zero-order chi connectivity index (χ0) is 14.7. The molecular formula is C13H17N5O2. The fourth-order valence-corrected chi connectivity index (χ4v) is 2.11. The number of carboxylic acid groups (broad SMARTS) is 1. The van der Waals surface area contributed by atoms with Crippen molar-refractivity contribution in [2.45, 2.75) is 26.7 Å². The molecule has 0 atom stereocenters. The standard InChI is InChI=1S/C13H17N5O2/c1-4-9-10(5-2)16-17-12(11(9)13(19)20)15-8-6-14-18(3)7-8/h6-7H,4-5H2,1-3H3,(H,15,17)(H,19,20). The van der Waals surface area contributed by atoms with Crippen LogP contribution in [0.2, 0.25) is 0 Å². The summed E-state index contributed by atoms with van der Waals surface area (Å²) in [5.74, 6) is -0.752. The average Bonchev–Trinajstić information content (AvgIpc) is 2.83. The van der Waals surface area contributed by atoms with Gasteiger partial charge in [-0.25, -0.2) is 4.79 Å². The highest BCUT2D eigenvalue weighted by atomic mass is 16.4. The van der Waals surface area contributed by atoms with E-state index < -0.39 is 5.97 Å². The summed E-state index contributed by atoms with van der Waals surface area (Å²) in [4.78, 5) is 11.5. The van der Waals surface area contributed by atoms with Crippen LogP contribution >= 0.6 is 0 Å². The molecule has 0 aliphatic heterocycles. The molecule has 2 N–H and O–H groups in total. The minimum atomic E-state index is -1.00. The number of rotatable bonds is 5. The van der Waals surface area contributed by atoms with Gasteiger partial charge in [-0.1, -0.05) is 13.8 Å². The van der Waals surface area contributed by atoms with Gasteiger partial charge in [-0.05, 0) is 18.4 Å². The molecule has 2 aromatic rings. The molecule has 0 fully saturated rings. The lowest BCUT2D eigenvalue weighted by molar-refractivity contribution is 0.0696. The van der Waals surface area contributed by atoms with Crippen LogP contribution in [0.1, 0.15) is 35.5 Å². The van der Waals surface area contributed by atoms with Crippen molar-refractivity contribution >= 4 is 17.5 Å². The van der Waals surface area contributed by atoms with Gasteiger partial charge in [0.2, 0.25) is 0 Å². The minimum absolute atomic E-state index is 0.184. The Balaban J connectivity index is 2.49. The average molecular weight is 275 g/mol. The fraction of sp³-hybridized carbons (Fsp3) is 0.385. The molecule has 20 heavy (non-hydrogen) atoms. The third-order valence-electron chi connectivity index (χ3n) is 3.03. The van der Waals surface area contributed by atoms with Crippen molar-refractivity contribution in [1.82, 2.24) is 20.0 Å². The number of aryl methyl sites for hydroxylation is 2. The molecule has 106 valence electrons. The van der Waals surface area contributed by atoms with Gasteiger partial charge in [-0.15, -0.1) is 5.10 Å². The van der Waals surface area contributed by atoms with E-state index in [-0.39, 0.29) is 11.4 Å². The third kappa shape index (κ3) is 2.61. The number of aromatic carboxylic acids is 1. The number of nitrogens with one attached hydrogen (secondary N) is 1. The summed E-state index contributed by atoms with van der Waals surface area (Å²) in [6, 6.07) is 0. The number of hydrogen-bond acceptors (Lipinski definition) is 5. The number of aromatic nitrogens is 4. The molecule has 0 aliphatic rings. The Kier molecular flexibility index (Phi) is 3.97. The van der Waals surface area contributed by atoms with Crippen molar-refractivity contribution in [3.05, 3.63) is 29.2 Å². The first-order chi connectivity index (χ1) is 9.56. The highest BCUT2D eigenvalue weighted by molar-refractivity contribution is 5.95. The molecule has 0 bridgehead atoms. The summed E-state index contributed by atoms with van der Waals surface area (Å²) < 4.78 is 1.62. The molecule has 0 radical (unpaired) electrons. The van der Waals surface area contributed by atoms with Crippen LogP contribution in [0.15, 0.2) is 12.4 Å². The van der Waals surface area contributed by atoms with E-state index in [4.69, 9.17) is 0 Å². The lowest BCUT2D eigenvalue weighted by atomic mass is 10.0. The second-order valence-corrected chi connectivity index (χ2v) is 4.39. The zero-order valence-corrected chi connectivity index (χ0v) is 11.7. The van der Waals surface area contributed by atoms with E-state index >= 15 is 0 Å². The largest absolute Gasteiger partial charge is 0.478 e. The van der Waals surface area contributed by atoms with Crippen molar-refractivity contribution in [2.24, 2.45) is 7.05 Å². The SMILES string of the molecule is CCc1nnc(Nc2cnn(C)c2)c(C(=O)O)c1CC. The van der Waals surface area contributed by atoms with E-state index in [0.29, 0.717) is 18.5 Å². The second-order valence-electron chi connectivity index (χ2n) is 4.39. The molecule has 0 spiro atoms. The van der Waals surface area contributed by atoms with Crippen LogP contribution in [0.5, 0.6) is 0 Å². The number of hydrogen-bond donors (Lipinski definition) is 2. The first-order valence-electron chi connectivity index (χ1n) is 6.44. The fourth-order valence-electron chi connectivity index (χ4n) is 2.11. The van der Waals surface area contributed by atoms with E-state index in [1.54, 1.807) is 24.1 Å². The van der Waals surface area contributed by atoms with Crippen LogP contribution in [-0.2, 0) is 19.9 Å². The van der Waals surface area contributed by atoms with Crippen molar-refractivity contribution < 1.29 is 9.90 Å². The lowest BCUT2D eigenvalue weighted by Crippen LogP contribution is -2.13. The minimum Gasteiger partial charge on any atom is -0.478 e. The Morgan fingerprint density at radius 2 is 2.10 bits per heavy atom. The molecule has 0 aromatic carbocycles. The first kappa shape index (κ1) is 14.0. The summed E-state index contributed by atoms with van der Waals surface area (Å²) in [6.07, 6.45) is 4.60.